The van der Waals surface area contributed by atoms with Crippen molar-refractivity contribution in [2.75, 3.05) is 0 Å². The summed E-state index contributed by atoms with van der Waals surface area (Å²) in [6.45, 7) is 3.26. The van der Waals surface area contributed by atoms with E-state index < -0.39 is 4.92 Å². The Kier molecular flexibility index (Phi) is 2.78. The summed E-state index contributed by atoms with van der Waals surface area (Å²) in [4.78, 5) is 10.1. The second kappa shape index (κ2) is 3.52. The molecule has 13 heavy (non-hydrogen) atoms. The Bertz CT molecular complexity index is 351. The van der Waals surface area contributed by atoms with Crippen LogP contribution in [-0.4, -0.2) is 4.92 Å². The first kappa shape index (κ1) is 10.3. The fourth-order valence-electron chi connectivity index (χ4n) is 1.04. The van der Waals surface area contributed by atoms with Gasteiger partial charge in [-0.25, -0.2) is 0 Å². The lowest BCUT2D eigenvalue weighted by atomic mass is 10.1. The van der Waals surface area contributed by atoms with Crippen molar-refractivity contribution >= 4 is 28.9 Å². The third-order valence-corrected chi connectivity index (χ3v) is 2.66. The van der Waals surface area contributed by atoms with E-state index >= 15 is 0 Å². The molecule has 0 aliphatic carbocycles. The van der Waals surface area contributed by atoms with Gasteiger partial charge >= 0.3 is 0 Å². The Labute approximate surface area is 85.4 Å². The number of hydrogen-bond donors (Lipinski definition) is 0. The SMILES string of the molecule is Cc1cc(Cl)c(C)c([N+](=O)[O-])c1Cl. The molecule has 0 unspecified atom stereocenters. The predicted molar refractivity (Wildman–Crippen MR) is 52.6 cm³/mol. The molecule has 5 heteroatoms. The van der Waals surface area contributed by atoms with Gasteiger partial charge in [0.2, 0.25) is 0 Å². The first-order valence-corrected chi connectivity index (χ1v) is 4.30. The van der Waals surface area contributed by atoms with Gasteiger partial charge in [0.25, 0.3) is 5.69 Å². The lowest BCUT2D eigenvalue weighted by Crippen LogP contribution is -1.95. The predicted octanol–water partition coefficient (Wildman–Crippen LogP) is 3.52. The van der Waals surface area contributed by atoms with Gasteiger partial charge in [-0.15, -0.1) is 0 Å². The monoisotopic (exact) mass is 219 g/mol. The highest BCUT2D eigenvalue weighted by Gasteiger charge is 2.20. The minimum absolute atomic E-state index is 0.105. The van der Waals surface area contributed by atoms with Crippen LogP contribution in [0.4, 0.5) is 5.69 Å². The lowest BCUT2D eigenvalue weighted by molar-refractivity contribution is -0.385. The van der Waals surface area contributed by atoms with E-state index in [2.05, 4.69) is 0 Å². The van der Waals surface area contributed by atoms with Gasteiger partial charge in [-0.1, -0.05) is 23.2 Å². The Morgan fingerprint density at radius 1 is 1.38 bits per heavy atom. The molecular weight excluding hydrogens is 213 g/mol. The standard InChI is InChI=1S/C8H7Cl2NO2/c1-4-3-6(9)5(2)8(7(4)10)11(12)13/h3H,1-2H3. The third-order valence-electron chi connectivity index (χ3n) is 1.79. The van der Waals surface area contributed by atoms with E-state index in [0.29, 0.717) is 16.1 Å². The number of rotatable bonds is 1. The quantitative estimate of drug-likeness (QED) is 0.536. The van der Waals surface area contributed by atoms with Gasteiger partial charge in [0.1, 0.15) is 5.02 Å². The minimum Gasteiger partial charge on any atom is -0.258 e. The highest BCUT2D eigenvalue weighted by molar-refractivity contribution is 6.36. The van der Waals surface area contributed by atoms with Crippen molar-refractivity contribution in [2.45, 2.75) is 13.8 Å². The van der Waals surface area contributed by atoms with E-state index in [1.165, 1.54) is 0 Å². The number of aryl methyl sites for hydroxylation is 1. The molecule has 0 amide bonds. The Morgan fingerprint density at radius 3 is 2.38 bits per heavy atom. The second-order valence-corrected chi connectivity index (χ2v) is 3.51. The maximum absolute atomic E-state index is 10.6. The molecular formula is C8H7Cl2NO2. The van der Waals surface area contributed by atoms with Crippen LogP contribution in [-0.2, 0) is 0 Å². The van der Waals surface area contributed by atoms with Crippen molar-refractivity contribution < 1.29 is 4.92 Å². The average Bonchev–Trinajstić information content (AvgIpc) is 2.01. The molecule has 0 bridgehead atoms. The van der Waals surface area contributed by atoms with Crippen LogP contribution in [0.5, 0.6) is 0 Å². The van der Waals surface area contributed by atoms with E-state index in [1.54, 1.807) is 19.9 Å². The zero-order valence-corrected chi connectivity index (χ0v) is 8.61. The summed E-state index contributed by atoms with van der Waals surface area (Å²) in [6.07, 6.45) is 0. The largest absolute Gasteiger partial charge is 0.292 e. The van der Waals surface area contributed by atoms with E-state index in [1.807, 2.05) is 0 Å². The van der Waals surface area contributed by atoms with Crippen molar-refractivity contribution in [3.8, 4) is 0 Å². The Balaban J connectivity index is 3.56. The smallest absolute Gasteiger partial charge is 0.258 e. The lowest BCUT2D eigenvalue weighted by Gasteiger charge is -2.04. The highest BCUT2D eigenvalue weighted by Crippen LogP contribution is 2.35. The molecule has 70 valence electrons. The van der Waals surface area contributed by atoms with E-state index in [0.717, 1.165) is 0 Å². The van der Waals surface area contributed by atoms with E-state index in [-0.39, 0.29) is 10.7 Å². The van der Waals surface area contributed by atoms with Gasteiger partial charge in [0.05, 0.1) is 9.95 Å². The number of hydrogen-bond acceptors (Lipinski definition) is 2. The molecule has 0 saturated carbocycles. The summed E-state index contributed by atoms with van der Waals surface area (Å²) in [7, 11) is 0. The van der Waals surface area contributed by atoms with E-state index in [9.17, 15) is 10.1 Å². The molecule has 0 heterocycles. The number of benzene rings is 1. The zero-order valence-electron chi connectivity index (χ0n) is 7.10. The van der Waals surface area contributed by atoms with Crippen LogP contribution in [0.15, 0.2) is 6.07 Å². The summed E-state index contributed by atoms with van der Waals surface area (Å²) in [6, 6.07) is 1.62. The molecule has 0 N–H and O–H groups in total. The summed E-state index contributed by atoms with van der Waals surface area (Å²) in [5.41, 5.74) is 0.915. The summed E-state index contributed by atoms with van der Waals surface area (Å²) < 4.78 is 0. The van der Waals surface area contributed by atoms with Crippen LogP contribution in [0.1, 0.15) is 11.1 Å². The normalized spacial score (nSPS) is 10.2. The molecule has 0 radical (unpaired) electrons. The van der Waals surface area contributed by atoms with Crippen molar-refractivity contribution in [3.05, 3.63) is 37.4 Å². The number of nitrogens with zero attached hydrogens (tertiary/aromatic N) is 1. The Morgan fingerprint density at radius 2 is 1.92 bits per heavy atom. The van der Waals surface area contributed by atoms with Crippen LogP contribution in [0.3, 0.4) is 0 Å². The van der Waals surface area contributed by atoms with Gasteiger partial charge < -0.3 is 0 Å². The van der Waals surface area contributed by atoms with Crippen LogP contribution in [0, 0.1) is 24.0 Å². The van der Waals surface area contributed by atoms with Crippen LogP contribution in [0.25, 0.3) is 0 Å². The molecule has 0 aromatic heterocycles. The van der Waals surface area contributed by atoms with Gasteiger partial charge in [-0.05, 0) is 25.5 Å². The first-order chi connectivity index (χ1) is 5.95. The van der Waals surface area contributed by atoms with Crippen LogP contribution < -0.4 is 0 Å². The maximum Gasteiger partial charge on any atom is 0.292 e. The molecule has 1 rings (SSSR count). The van der Waals surface area contributed by atoms with Crippen molar-refractivity contribution in [1.29, 1.82) is 0 Å². The van der Waals surface area contributed by atoms with Gasteiger partial charge in [0, 0.05) is 5.56 Å². The van der Waals surface area contributed by atoms with Crippen molar-refractivity contribution in [3.63, 3.8) is 0 Å². The average molecular weight is 220 g/mol. The molecule has 3 nitrogen and oxygen atoms in total. The summed E-state index contributed by atoms with van der Waals surface area (Å²) in [5.74, 6) is 0. The molecule has 0 aliphatic heterocycles. The molecule has 1 aromatic rings. The zero-order chi connectivity index (χ0) is 10.2. The molecule has 0 fully saturated rings. The molecule has 0 atom stereocenters. The topological polar surface area (TPSA) is 43.1 Å². The summed E-state index contributed by atoms with van der Waals surface area (Å²) >= 11 is 11.5. The van der Waals surface area contributed by atoms with Gasteiger partial charge in [-0.3, -0.25) is 10.1 Å². The van der Waals surface area contributed by atoms with Gasteiger partial charge in [-0.2, -0.15) is 0 Å². The van der Waals surface area contributed by atoms with Crippen molar-refractivity contribution in [2.24, 2.45) is 0 Å². The summed E-state index contributed by atoms with van der Waals surface area (Å²) in [5, 5.41) is 11.1. The van der Waals surface area contributed by atoms with Crippen molar-refractivity contribution in [1.82, 2.24) is 0 Å². The highest BCUT2D eigenvalue weighted by atomic mass is 35.5. The first-order valence-electron chi connectivity index (χ1n) is 3.54. The molecule has 1 aromatic carbocycles. The molecule has 0 aliphatic rings. The number of nitro groups is 1. The molecule has 0 spiro atoms. The third kappa shape index (κ3) is 1.76. The number of halogens is 2. The number of nitro benzene ring substituents is 1. The van der Waals surface area contributed by atoms with Crippen LogP contribution >= 0.6 is 23.2 Å². The minimum atomic E-state index is -0.517. The fraction of sp³-hybridized carbons (Fsp3) is 0.250. The Hall–Kier alpha value is -0.800. The molecule has 0 saturated heterocycles. The van der Waals surface area contributed by atoms with Gasteiger partial charge in [0.15, 0.2) is 0 Å². The van der Waals surface area contributed by atoms with E-state index in [4.69, 9.17) is 23.2 Å². The fourth-order valence-corrected chi connectivity index (χ4v) is 1.56. The second-order valence-electron chi connectivity index (χ2n) is 2.72. The maximum atomic E-state index is 10.6. The van der Waals surface area contributed by atoms with Crippen LogP contribution in [0.2, 0.25) is 10.0 Å².